The summed E-state index contributed by atoms with van der Waals surface area (Å²) in [7, 11) is 0. The first-order valence-corrected chi connectivity index (χ1v) is 11.5. The third-order valence-corrected chi connectivity index (χ3v) is 5.98. The van der Waals surface area contributed by atoms with Gasteiger partial charge in [0.2, 0.25) is 0 Å². The highest BCUT2D eigenvalue weighted by atomic mass is 32.2. The van der Waals surface area contributed by atoms with Crippen molar-refractivity contribution >= 4 is 17.5 Å². The van der Waals surface area contributed by atoms with Gasteiger partial charge in [0.05, 0.1) is 4.90 Å². The second-order valence-corrected chi connectivity index (χ2v) is 8.49. The standard InChI is InChI=1S/C24H26FN3O2S/c25-20-11-9-19(10-12-20)21(29)8-4-2-1-3-5-14-31-22-17-27-23(28-24(22)30)15-18-7-6-13-26-16-18/h6-7,9-13,16-17H,1-5,8,14-15H2,(H,27,28,30). The molecule has 0 spiro atoms. The van der Waals surface area contributed by atoms with Crippen LogP contribution in [0.2, 0.25) is 0 Å². The maximum atomic E-state index is 12.9. The second kappa shape index (κ2) is 12.2. The Hall–Kier alpha value is -2.80. The molecule has 1 aromatic carbocycles. The van der Waals surface area contributed by atoms with Crippen LogP contribution in [0.15, 0.2) is 64.7 Å². The largest absolute Gasteiger partial charge is 0.309 e. The van der Waals surface area contributed by atoms with Gasteiger partial charge in [0.25, 0.3) is 5.56 Å². The van der Waals surface area contributed by atoms with Crippen LogP contribution in [0.5, 0.6) is 0 Å². The van der Waals surface area contributed by atoms with E-state index >= 15 is 0 Å². The highest BCUT2D eigenvalue weighted by Crippen LogP contribution is 2.17. The van der Waals surface area contributed by atoms with Gasteiger partial charge in [0.1, 0.15) is 11.6 Å². The fourth-order valence-corrected chi connectivity index (χ4v) is 4.07. The molecule has 7 heteroatoms. The number of carbonyl (C=O) groups is 1. The molecule has 0 bridgehead atoms. The summed E-state index contributed by atoms with van der Waals surface area (Å²) in [5.74, 6) is 1.24. The van der Waals surface area contributed by atoms with E-state index in [0.717, 1.165) is 43.4 Å². The molecule has 3 rings (SSSR count). The van der Waals surface area contributed by atoms with Crippen molar-refractivity contribution in [3.8, 4) is 0 Å². The van der Waals surface area contributed by atoms with Gasteiger partial charge < -0.3 is 4.98 Å². The first kappa shape index (κ1) is 22.9. The number of rotatable bonds is 12. The fraction of sp³-hybridized carbons (Fsp3) is 0.333. The number of unbranched alkanes of at least 4 members (excludes halogenated alkanes) is 4. The van der Waals surface area contributed by atoms with Crippen LogP contribution in [-0.4, -0.2) is 26.5 Å². The lowest BCUT2D eigenvalue weighted by Gasteiger charge is -2.04. The Morgan fingerprint density at radius 3 is 2.52 bits per heavy atom. The van der Waals surface area contributed by atoms with Crippen molar-refractivity contribution in [2.45, 2.75) is 49.8 Å². The average molecular weight is 440 g/mol. The summed E-state index contributed by atoms with van der Waals surface area (Å²) >= 11 is 1.53. The maximum Gasteiger partial charge on any atom is 0.264 e. The highest BCUT2D eigenvalue weighted by Gasteiger charge is 2.06. The minimum Gasteiger partial charge on any atom is -0.309 e. The molecule has 0 aliphatic heterocycles. The van der Waals surface area contributed by atoms with E-state index in [2.05, 4.69) is 15.0 Å². The van der Waals surface area contributed by atoms with Crippen molar-refractivity contribution in [3.63, 3.8) is 0 Å². The quantitative estimate of drug-likeness (QED) is 0.238. The number of Topliss-reactive ketones (excluding diaryl/α,β-unsaturated/α-hetero) is 1. The predicted molar refractivity (Wildman–Crippen MR) is 121 cm³/mol. The molecule has 3 aromatic rings. The molecule has 162 valence electrons. The first-order chi connectivity index (χ1) is 15.1. The molecule has 2 aromatic heterocycles. The SMILES string of the molecule is O=C(CCCCCCCSc1cnc(Cc2cccnc2)[nH]c1=O)c1ccc(F)cc1. The number of aromatic nitrogens is 3. The Bertz CT molecular complexity index is 1020. The van der Waals surface area contributed by atoms with Gasteiger partial charge in [-0.1, -0.05) is 25.3 Å². The van der Waals surface area contributed by atoms with Crippen LogP contribution in [-0.2, 0) is 6.42 Å². The number of H-pyrrole nitrogens is 1. The molecule has 2 heterocycles. The molecule has 0 aliphatic carbocycles. The Kier molecular flexibility index (Phi) is 8.97. The zero-order valence-corrected chi connectivity index (χ0v) is 18.2. The lowest BCUT2D eigenvalue weighted by Crippen LogP contribution is -2.13. The average Bonchev–Trinajstić information content (AvgIpc) is 2.78. The van der Waals surface area contributed by atoms with E-state index in [1.807, 2.05) is 12.1 Å². The van der Waals surface area contributed by atoms with Crippen LogP contribution in [0.1, 0.15) is 60.3 Å². The van der Waals surface area contributed by atoms with Gasteiger partial charge in [-0.2, -0.15) is 0 Å². The van der Waals surface area contributed by atoms with E-state index < -0.39 is 0 Å². The van der Waals surface area contributed by atoms with Crippen LogP contribution in [0, 0.1) is 5.82 Å². The van der Waals surface area contributed by atoms with Crippen molar-refractivity contribution in [1.82, 2.24) is 15.0 Å². The summed E-state index contributed by atoms with van der Waals surface area (Å²) in [6, 6.07) is 9.53. The predicted octanol–water partition coefficient (Wildman–Crippen LogP) is 5.21. The summed E-state index contributed by atoms with van der Waals surface area (Å²) < 4.78 is 12.9. The maximum absolute atomic E-state index is 12.9. The molecular formula is C24H26FN3O2S. The number of thioether (sulfide) groups is 1. The first-order valence-electron chi connectivity index (χ1n) is 10.5. The van der Waals surface area contributed by atoms with Crippen molar-refractivity contribution in [3.05, 3.63) is 88.1 Å². The van der Waals surface area contributed by atoms with Gasteiger partial charge >= 0.3 is 0 Å². The lowest BCUT2D eigenvalue weighted by atomic mass is 10.0. The second-order valence-electron chi connectivity index (χ2n) is 7.36. The minimum absolute atomic E-state index is 0.0641. The summed E-state index contributed by atoms with van der Waals surface area (Å²) in [6.45, 7) is 0. The number of hydrogen-bond donors (Lipinski definition) is 1. The van der Waals surface area contributed by atoms with Gasteiger partial charge in [-0.3, -0.25) is 14.6 Å². The Balaban J connectivity index is 1.29. The molecule has 0 saturated heterocycles. The molecule has 0 amide bonds. The van der Waals surface area contributed by atoms with E-state index in [-0.39, 0.29) is 17.2 Å². The highest BCUT2D eigenvalue weighted by molar-refractivity contribution is 7.99. The van der Waals surface area contributed by atoms with Gasteiger partial charge in [0, 0.05) is 37.0 Å². The molecule has 0 aliphatic rings. The van der Waals surface area contributed by atoms with Crippen molar-refractivity contribution in [1.29, 1.82) is 0 Å². The molecule has 0 unspecified atom stereocenters. The van der Waals surface area contributed by atoms with Crippen molar-refractivity contribution in [2.24, 2.45) is 0 Å². The van der Waals surface area contributed by atoms with E-state index in [4.69, 9.17) is 0 Å². The van der Waals surface area contributed by atoms with Crippen molar-refractivity contribution in [2.75, 3.05) is 5.75 Å². The molecule has 0 atom stereocenters. The smallest absolute Gasteiger partial charge is 0.264 e. The molecule has 0 radical (unpaired) electrons. The Morgan fingerprint density at radius 1 is 1.00 bits per heavy atom. The van der Waals surface area contributed by atoms with Crippen molar-refractivity contribution < 1.29 is 9.18 Å². The van der Waals surface area contributed by atoms with Gasteiger partial charge in [0.15, 0.2) is 5.78 Å². The van der Waals surface area contributed by atoms with Crippen LogP contribution in [0.3, 0.4) is 0 Å². The molecule has 0 fully saturated rings. The molecular weight excluding hydrogens is 413 g/mol. The lowest BCUT2D eigenvalue weighted by molar-refractivity contribution is 0.0979. The summed E-state index contributed by atoms with van der Waals surface area (Å²) in [5.41, 5.74) is 1.48. The minimum atomic E-state index is -0.326. The monoisotopic (exact) mass is 439 g/mol. The number of hydrogen-bond acceptors (Lipinski definition) is 5. The number of carbonyl (C=O) groups excluding carboxylic acids is 1. The summed E-state index contributed by atoms with van der Waals surface area (Å²) in [6.07, 6.45) is 11.1. The van der Waals surface area contributed by atoms with Gasteiger partial charge in [-0.05, 0) is 54.5 Å². The zero-order chi connectivity index (χ0) is 21.9. The van der Waals surface area contributed by atoms with Gasteiger partial charge in [-0.25, -0.2) is 9.37 Å². The number of aromatic amines is 1. The van der Waals surface area contributed by atoms with E-state index in [1.165, 1.54) is 36.0 Å². The number of nitrogens with one attached hydrogen (secondary N) is 1. The third-order valence-electron chi connectivity index (χ3n) is 4.89. The molecule has 1 N–H and O–H groups in total. The van der Waals surface area contributed by atoms with E-state index in [0.29, 0.717) is 29.1 Å². The fourth-order valence-electron chi connectivity index (χ4n) is 3.19. The van der Waals surface area contributed by atoms with Crippen LogP contribution < -0.4 is 5.56 Å². The third kappa shape index (κ3) is 7.75. The van der Waals surface area contributed by atoms with E-state index in [9.17, 15) is 14.0 Å². The Labute approximate surface area is 185 Å². The zero-order valence-electron chi connectivity index (χ0n) is 17.4. The summed E-state index contributed by atoms with van der Waals surface area (Å²) in [5, 5.41) is 0. The van der Waals surface area contributed by atoms with Crippen LogP contribution in [0.25, 0.3) is 0 Å². The molecule has 31 heavy (non-hydrogen) atoms. The van der Waals surface area contributed by atoms with Crippen LogP contribution in [0.4, 0.5) is 4.39 Å². The van der Waals surface area contributed by atoms with E-state index in [1.54, 1.807) is 18.6 Å². The van der Waals surface area contributed by atoms with Gasteiger partial charge in [-0.15, -0.1) is 11.8 Å². The Morgan fingerprint density at radius 2 is 1.77 bits per heavy atom. The molecule has 5 nitrogen and oxygen atoms in total. The summed E-state index contributed by atoms with van der Waals surface area (Å²) in [4.78, 5) is 36.2. The van der Waals surface area contributed by atoms with Crippen LogP contribution >= 0.6 is 11.8 Å². The normalized spacial score (nSPS) is 10.9. The molecule has 0 saturated carbocycles. The number of nitrogens with zero attached hydrogens (tertiary/aromatic N) is 2. The topological polar surface area (TPSA) is 75.7 Å². The number of ketones is 1. The number of halogens is 1. The number of benzene rings is 1. The number of pyridine rings is 1.